The molecule has 0 spiro atoms. The number of halogens is 1. The topological polar surface area (TPSA) is 47.1 Å². The summed E-state index contributed by atoms with van der Waals surface area (Å²) in [5, 5.41) is 4.53. The van der Waals surface area contributed by atoms with Gasteiger partial charge < -0.3 is 5.73 Å². The zero-order valence-electron chi connectivity index (χ0n) is 10.6. The van der Waals surface area contributed by atoms with Crippen LogP contribution in [-0.4, -0.2) is 33.8 Å². The molecule has 1 aromatic heterocycles. The molecule has 1 aliphatic heterocycles. The molecule has 96 valence electrons. The Bertz CT molecular complexity index is 380. The second-order valence-corrected chi connectivity index (χ2v) is 5.57. The summed E-state index contributed by atoms with van der Waals surface area (Å²) in [4.78, 5) is 2.47. The van der Waals surface area contributed by atoms with Crippen molar-refractivity contribution in [1.82, 2.24) is 14.7 Å². The van der Waals surface area contributed by atoms with Gasteiger partial charge in [0.15, 0.2) is 0 Å². The van der Waals surface area contributed by atoms with E-state index in [-0.39, 0.29) is 0 Å². The fourth-order valence-corrected chi connectivity index (χ4v) is 2.75. The van der Waals surface area contributed by atoms with Gasteiger partial charge in [-0.1, -0.05) is 0 Å². The average Bonchev–Trinajstić information content (AvgIpc) is 2.59. The van der Waals surface area contributed by atoms with Crippen LogP contribution in [0.4, 0.5) is 0 Å². The standard InChI is InChI=1S/C12H21BrN4/c1-3-17-11(12(13)9(2)15-17)8-16-6-4-10(14)5-7-16/h10H,3-8,14H2,1-2H3. The van der Waals surface area contributed by atoms with Gasteiger partial charge >= 0.3 is 0 Å². The molecule has 1 aromatic rings. The zero-order chi connectivity index (χ0) is 12.4. The molecule has 0 bridgehead atoms. The lowest BCUT2D eigenvalue weighted by Gasteiger charge is -2.30. The van der Waals surface area contributed by atoms with Crippen LogP contribution in [0.2, 0.25) is 0 Å². The summed E-state index contributed by atoms with van der Waals surface area (Å²) < 4.78 is 3.25. The highest BCUT2D eigenvalue weighted by Gasteiger charge is 2.19. The normalized spacial score (nSPS) is 18.8. The fourth-order valence-electron chi connectivity index (χ4n) is 2.34. The molecule has 1 aliphatic rings. The van der Waals surface area contributed by atoms with Crippen molar-refractivity contribution in [3.8, 4) is 0 Å². The van der Waals surface area contributed by atoms with E-state index in [1.165, 1.54) is 5.69 Å². The molecule has 0 radical (unpaired) electrons. The first kappa shape index (κ1) is 13.1. The first-order valence-electron chi connectivity index (χ1n) is 6.31. The molecule has 0 saturated carbocycles. The third kappa shape index (κ3) is 2.89. The van der Waals surface area contributed by atoms with E-state index < -0.39 is 0 Å². The molecule has 1 fully saturated rings. The maximum Gasteiger partial charge on any atom is 0.0739 e. The third-order valence-electron chi connectivity index (χ3n) is 3.46. The fraction of sp³-hybridized carbons (Fsp3) is 0.750. The summed E-state index contributed by atoms with van der Waals surface area (Å²) in [6, 6.07) is 0.396. The van der Waals surface area contributed by atoms with Crippen LogP contribution in [0.5, 0.6) is 0 Å². The minimum absolute atomic E-state index is 0.396. The van der Waals surface area contributed by atoms with E-state index in [9.17, 15) is 0 Å². The van der Waals surface area contributed by atoms with E-state index in [1.807, 2.05) is 6.92 Å². The summed E-state index contributed by atoms with van der Waals surface area (Å²) in [7, 11) is 0. The monoisotopic (exact) mass is 300 g/mol. The van der Waals surface area contributed by atoms with Gasteiger partial charge in [0.1, 0.15) is 0 Å². The quantitative estimate of drug-likeness (QED) is 0.927. The van der Waals surface area contributed by atoms with Crippen molar-refractivity contribution in [3.05, 3.63) is 15.9 Å². The van der Waals surface area contributed by atoms with Crippen molar-refractivity contribution >= 4 is 15.9 Å². The number of piperidine rings is 1. The largest absolute Gasteiger partial charge is 0.328 e. The average molecular weight is 301 g/mol. The number of nitrogens with two attached hydrogens (primary N) is 1. The van der Waals surface area contributed by atoms with Crippen LogP contribution < -0.4 is 5.73 Å². The second kappa shape index (κ2) is 5.50. The zero-order valence-corrected chi connectivity index (χ0v) is 12.2. The van der Waals surface area contributed by atoms with Crippen molar-refractivity contribution in [3.63, 3.8) is 0 Å². The number of rotatable bonds is 3. The van der Waals surface area contributed by atoms with Crippen LogP contribution in [0.15, 0.2) is 4.47 Å². The summed E-state index contributed by atoms with van der Waals surface area (Å²) in [5.41, 5.74) is 8.30. The molecule has 0 aromatic carbocycles. The molecule has 0 atom stereocenters. The highest BCUT2D eigenvalue weighted by Crippen LogP contribution is 2.23. The molecular formula is C12H21BrN4. The van der Waals surface area contributed by atoms with E-state index in [0.717, 1.165) is 49.2 Å². The number of hydrogen-bond acceptors (Lipinski definition) is 3. The summed E-state index contributed by atoms with van der Waals surface area (Å²) >= 11 is 3.65. The molecular weight excluding hydrogens is 280 g/mol. The molecule has 0 unspecified atom stereocenters. The minimum Gasteiger partial charge on any atom is -0.328 e. The van der Waals surface area contributed by atoms with Gasteiger partial charge in [0.25, 0.3) is 0 Å². The Morgan fingerprint density at radius 2 is 2.06 bits per heavy atom. The minimum atomic E-state index is 0.396. The number of aromatic nitrogens is 2. The molecule has 0 aliphatic carbocycles. The van der Waals surface area contributed by atoms with Gasteiger partial charge in [-0.05, 0) is 42.6 Å². The molecule has 2 N–H and O–H groups in total. The Kier molecular flexibility index (Phi) is 4.22. The smallest absolute Gasteiger partial charge is 0.0739 e. The molecule has 2 heterocycles. The van der Waals surface area contributed by atoms with E-state index in [4.69, 9.17) is 5.73 Å². The first-order valence-corrected chi connectivity index (χ1v) is 7.10. The lowest BCUT2D eigenvalue weighted by atomic mass is 10.1. The van der Waals surface area contributed by atoms with E-state index in [0.29, 0.717) is 6.04 Å². The summed E-state index contributed by atoms with van der Waals surface area (Å²) in [6.45, 7) is 8.28. The third-order valence-corrected chi connectivity index (χ3v) is 4.49. The molecule has 17 heavy (non-hydrogen) atoms. The molecule has 1 saturated heterocycles. The van der Waals surface area contributed by atoms with Crippen molar-refractivity contribution in [1.29, 1.82) is 0 Å². The van der Waals surface area contributed by atoms with Gasteiger partial charge in [-0.3, -0.25) is 9.58 Å². The molecule has 2 rings (SSSR count). The number of hydrogen-bond donors (Lipinski definition) is 1. The van der Waals surface area contributed by atoms with Crippen molar-refractivity contribution in [2.24, 2.45) is 5.73 Å². The molecule has 4 nitrogen and oxygen atoms in total. The van der Waals surface area contributed by atoms with Crippen LogP contribution in [-0.2, 0) is 13.1 Å². The second-order valence-electron chi connectivity index (χ2n) is 4.78. The molecule has 5 heteroatoms. The Morgan fingerprint density at radius 1 is 1.41 bits per heavy atom. The predicted octanol–water partition coefficient (Wildman–Crippen LogP) is 1.90. The van der Waals surface area contributed by atoms with E-state index in [2.05, 4.69) is 37.5 Å². The maximum atomic E-state index is 5.93. The maximum absolute atomic E-state index is 5.93. The Balaban J connectivity index is 2.07. The summed E-state index contributed by atoms with van der Waals surface area (Å²) in [5.74, 6) is 0. The van der Waals surface area contributed by atoms with Gasteiger partial charge in [0.05, 0.1) is 15.9 Å². The lowest BCUT2D eigenvalue weighted by Crippen LogP contribution is -2.39. The van der Waals surface area contributed by atoms with Gasteiger partial charge in [0, 0.05) is 32.2 Å². The van der Waals surface area contributed by atoms with Crippen molar-refractivity contribution < 1.29 is 0 Å². The van der Waals surface area contributed by atoms with Gasteiger partial charge in [0.2, 0.25) is 0 Å². The van der Waals surface area contributed by atoms with Crippen molar-refractivity contribution in [2.45, 2.75) is 45.8 Å². The Labute approximate surface area is 111 Å². The van der Waals surface area contributed by atoms with Crippen LogP contribution >= 0.6 is 15.9 Å². The summed E-state index contributed by atoms with van der Waals surface area (Å²) in [6.07, 6.45) is 2.22. The van der Waals surface area contributed by atoms with Crippen LogP contribution in [0.3, 0.4) is 0 Å². The van der Waals surface area contributed by atoms with Crippen LogP contribution in [0, 0.1) is 6.92 Å². The van der Waals surface area contributed by atoms with Gasteiger partial charge in [-0.25, -0.2) is 0 Å². The molecule has 0 amide bonds. The highest BCUT2D eigenvalue weighted by molar-refractivity contribution is 9.10. The highest BCUT2D eigenvalue weighted by atomic mass is 79.9. The van der Waals surface area contributed by atoms with Crippen molar-refractivity contribution in [2.75, 3.05) is 13.1 Å². The predicted molar refractivity (Wildman–Crippen MR) is 72.8 cm³/mol. The Hall–Kier alpha value is -0.390. The lowest BCUT2D eigenvalue weighted by molar-refractivity contribution is 0.200. The number of nitrogens with zero attached hydrogens (tertiary/aromatic N) is 3. The van der Waals surface area contributed by atoms with Gasteiger partial charge in [-0.2, -0.15) is 5.10 Å². The van der Waals surface area contributed by atoms with Crippen LogP contribution in [0.1, 0.15) is 31.2 Å². The van der Waals surface area contributed by atoms with Gasteiger partial charge in [-0.15, -0.1) is 0 Å². The van der Waals surface area contributed by atoms with E-state index in [1.54, 1.807) is 0 Å². The SMILES string of the molecule is CCn1nc(C)c(Br)c1CN1CCC(N)CC1. The van der Waals surface area contributed by atoms with Crippen LogP contribution in [0.25, 0.3) is 0 Å². The number of aryl methyl sites for hydroxylation is 2. The Morgan fingerprint density at radius 3 is 2.65 bits per heavy atom. The number of likely N-dealkylation sites (tertiary alicyclic amines) is 1. The van der Waals surface area contributed by atoms with E-state index >= 15 is 0 Å². The first-order chi connectivity index (χ1) is 8.11.